The minimum atomic E-state index is 0.259. The fraction of sp³-hybridized carbons (Fsp3) is 1.00. The van der Waals surface area contributed by atoms with Crippen molar-refractivity contribution in [2.75, 3.05) is 0 Å². The number of rotatable bonds is 4. The smallest absolute Gasteiger partial charge is 0.0917 e. The van der Waals surface area contributed by atoms with Crippen LogP contribution in [0.3, 0.4) is 0 Å². The van der Waals surface area contributed by atoms with E-state index in [-0.39, 0.29) is 5.60 Å². The van der Waals surface area contributed by atoms with E-state index in [1.165, 1.54) is 25.7 Å². The third kappa shape index (κ3) is 1.72. The molecule has 1 saturated heterocycles. The molecular formula is C9H18O. The Hall–Kier alpha value is -0.0400. The average molecular weight is 142 g/mol. The summed E-state index contributed by atoms with van der Waals surface area (Å²) in [6, 6.07) is 0. The molecule has 1 heterocycles. The van der Waals surface area contributed by atoms with Gasteiger partial charge in [-0.25, -0.2) is 0 Å². The van der Waals surface area contributed by atoms with Gasteiger partial charge in [0.05, 0.1) is 11.7 Å². The van der Waals surface area contributed by atoms with E-state index in [9.17, 15) is 0 Å². The molecule has 0 bridgehead atoms. The Morgan fingerprint density at radius 1 is 1.40 bits per heavy atom. The van der Waals surface area contributed by atoms with Gasteiger partial charge in [0, 0.05) is 0 Å². The number of ether oxygens (including phenoxy) is 1. The molecule has 1 rings (SSSR count). The SMILES string of the molecule is CCCCC[C@@]1(C)OC1C. The second kappa shape index (κ2) is 2.91. The highest BCUT2D eigenvalue weighted by atomic mass is 16.6. The van der Waals surface area contributed by atoms with Gasteiger partial charge < -0.3 is 4.74 Å². The van der Waals surface area contributed by atoms with Crippen molar-refractivity contribution in [1.82, 2.24) is 0 Å². The van der Waals surface area contributed by atoms with Crippen LogP contribution in [0.1, 0.15) is 46.5 Å². The molecule has 0 amide bonds. The van der Waals surface area contributed by atoms with Crippen molar-refractivity contribution in [1.29, 1.82) is 0 Å². The largest absolute Gasteiger partial charge is 0.367 e. The summed E-state index contributed by atoms with van der Waals surface area (Å²) >= 11 is 0. The van der Waals surface area contributed by atoms with E-state index in [0.717, 1.165) is 0 Å². The summed E-state index contributed by atoms with van der Waals surface area (Å²) < 4.78 is 5.45. The van der Waals surface area contributed by atoms with E-state index in [1.54, 1.807) is 0 Å². The third-order valence-corrected chi connectivity index (χ3v) is 2.53. The van der Waals surface area contributed by atoms with Crippen LogP contribution in [0.2, 0.25) is 0 Å². The van der Waals surface area contributed by atoms with Crippen LogP contribution in [0.15, 0.2) is 0 Å². The minimum Gasteiger partial charge on any atom is -0.367 e. The van der Waals surface area contributed by atoms with Crippen molar-refractivity contribution in [2.45, 2.75) is 58.2 Å². The molecule has 60 valence electrons. The second-order valence-corrected chi connectivity index (χ2v) is 3.53. The van der Waals surface area contributed by atoms with E-state index < -0.39 is 0 Å². The molecule has 0 aliphatic carbocycles. The van der Waals surface area contributed by atoms with Crippen LogP contribution < -0.4 is 0 Å². The van der Waals surface area contributed by atoms with E-state index in [0.29, 0.717) is 6.10 Å². The molecule has 2 atom stereocenters. The highest BCUT2D eigenvalue weighted by molar-refractivity contribution is 4.95. The lowest BCUT2D eigenvalue weighted by molar-refractivity contribution is 0.293. The van der Waals surface area contributed by atoms with E-state index in [2.05, 4.69) is 20.8 Å². The zero-order chi connectivity index (χ0) is 7.61. The first kappa shape index (κ1) is 8.06. The van der Waals surface area contributed by atoms with Gasteiger partial charge in [0.2, 0.25) is 0 Å². The fourth-order valence-electron chi connectivity index (χ4n) is 1.36. The number of epoxide rings is 1. The van der Waals surface area contributed by atoms with Gasteiger partial charge in [0.1, 0.15) is 0 Å². The molecule has 0 aromatic rings. The standard InChI is InChI=1S/C9H18O/c1-4-5-6-7-9(3)8(2)10-9/h8H,4-7H2,1-3H3/t8?,9-/m1/s1. The molecule has 10 heavy (non-hydrogen) atoms. The van der Waals surface area contributed by atoms with Gasteiger partial charge in [-0.2, -0.15) is 0 Å². The first-order valence-electron chi connectivity index (χ1n) is 4.37. The van der Waals surface area contributed by atoms with E-state index in [4.69, 9.17) is 4.74 Å². The molecule has 0 N–H and O–H groups in total. The van der Waals surface area contributed by atoms with Crippen molar-refractivity contribution in [3.63, 3.8) is 0 Å². The Morgan fingerprint density at radius 2 is 2.00 bits per heavy atom. The fourth-order valence-corrected chi connectivity index (χ4v) is 1.36. The van der Waals surface area contributed by atoms with Gasteiger partial charge in [-0.05, 0) is 20.3 Å². The monoisotopic (exact) mass is 142 g/mol. The van der Waals surface area contributed by atoms with Crippen LogP contribution in [-0.2, 0) is 4.74 Å². The van der Waals surface area contributed by atoms with Crippen LogP contribution in [0.5, 0.6) is 0 Å². The molecule has 1 fully saturated rings. The Morgan fingerprint density at radius 3 is 2.40 bits per heavy atom. The molecule has 0 saturated carbocycles. The lowest BCUT2D eigenvalue weighted by atomic mass is 10.0. The Bertz CT molecular complexity index is 111. The average Bonchev–Trinajstić information content (AvgIpc) is 2.42. The van der Waals surface area contributed by atoms with Gasteiger partial charge in [0.15, 0.2) is 0 Å². The first-order valence-corrected chi connectivity index (χ1v) is 4.37. The van der Waals surface area contributed by atoms with Gasteiger partial charge in [-0.3, -0.25) is 0 Å². The lowest BCUT2D eigenvalue weighted by Crippen LogP contribution is -2.06. The highest BCUT2D eigenvalue weighted by Gasteiger charge is 2.47. The van der Waals surface area contributed by atoms with Gasteiger partial charge in [-0.1, -0.05) is 26.2 Å². The molecule has 1 aliphatic rings. The Labute approximate surface area is 63.8 Å². The maximum absolute atomic E-state index is 5.45. The van der Waals surface area contributed by atoms with Crippen LogP contribution in [0.4, 0.5) is 0 Å². The third-order valence-electron chi connectivity index (χ3n) is 2.53. The lowest BCUT2D eigenvalue weighted by Gasteiger charge is -2.02. The normalized spacial score (nSPS) is 38.1. The predicted molar refractivity (Wildman–Crippen MR) is 43.1 cm³/mol. The highest BCUT2D eigenvalue weighted by Crippen LogP contribution is 2.39. The maximum atomic E-state index is 5.45. The van der Waals surface area contributed by atoms with Crippen LogP contribution in [0.25, 0.3) is 0 Å². The summed E-state index contributed by atoms with van der Waals surface area (Å²) in [5.74, 6) is 0. The van der Waals surface area contributed by atoms with Crippen molar-refractivity contribution in [3.05, 3.63) is 0 Å². The Balaban J connectivity index is 2.03. The molecule has 0 spiro atoms. The van der Waals surface area contributed by atoms with Gasteiger partial charge in [0.25, 0.3) is 0 Å². The molecule has 0 aromatic carbocycles. The van der Waals surface area contributed by atoms with Gasteiger partial charge >= 0.3 is 0 Å². The number of unbranched alkanes of at least 4 members (excludes halogenated alkanes) is 2. The van der Waals surface area contributed by atoms with Crippen molar-refractivity contribution < 1.29 is 4.74 Å². The molecule has 1 heteroatoms. The summed E-state index contributed by atoms with van der Waals surface area (Å²) in [6.45, 7) is 6.61. The van der Waals surface area contributed by atoms with Crippen LogP contribution in [0, 0.1) is 0 Å². The molecule has 1 nitrogen and oxygen atoms in total. The summed E-state index contributed by atoms with van der Waals surface area (Å²) in [5, 5.41) is 0. The maximum Gasteiger partial charge on any atom is 0.0917 e. The molecule has 1 aliphatic heterocycles. The van der Waals surface area contributed by atoms with E-state index in [1.807, 2.05) is 0 Å². The zero-order valence-electron chi connectivity index (χ0n) is 7.31. The summed E-state index contributed by atoms with van der Waals surface area (Å²) in [4.78, 5) is 0. The summed E-state index contributed by atoms with van der Waals surface area (Å²) in [6.07, 6.45) is 5.76. The molecule has 0 radical (unpaired) electrons. The minimum absolute atomic E-state index is 0.259. The second-order valence-electron chi connectivity index (χ2n) is 3.53. The van der Waals surface area contributed by atoms with Crippen LogP contribution in [-0.4, -0.2) is 11.7 Å². The van der Waals surface area contributed by atoms with E-state index >= 15 is 0 Å². The quantitative estimate of drug-likeness (QED) is 0.434. The Kier molecular flexibility index (Phi) is 2.35. The van der Waals surface area contributed by atoms with Crippen molar-refractivity contribution in [3.8, 4) is 0 Å². The van der Waals surface area contributed by atoms with Crippen LogP contribution >= 0.6 is 0 Å². The topological polar surface area (TPSA) is 12.5 Å². The number of hydrogen-bond acceptors (Lipinski definition) is 1. The van der Waals surface area contributed by atoms with Crippen molar-refractivity contribution in [2.24, 2.45) is 0 Å². The molecular weight excluding hydrogens is 124 g/mol. The number of hydrogen-bond donors (Lipinski definition) is 0. The summed E-state index contributed by atoms with van der Waals surface area (Å²) in [7, 11) is 0. The first-order chi connectivity index (χ1) is 4.69. The van der Waals surface area contributed by atoms with Gasteiger partial charge in [-0.15, -0.1) is 0 Å². The predicted octanol–water partition coefficient (Wildman–Crippen LogP) is 2.74. The van der Waals surface area contributed by atoms with Crippen molar-refractivity contribution >= 4 is 0 Å². The molecule has 1 unspecified atom stereocenters. The molecule has 0 aromatic heterocycles. The zero-order valence-corrected chi connectivity index (χ0v) is 7.31. The summed E-state index contributed by atoms with van der Waals surface area (Å²) in [5.41, 5.74) is 0.259.